The van der Waals surface area contributed by atoms with Crippen molar-refractivity contribution in [3.8, 4) is 0 Å². The lowest BCUT2D eigenvalue weighted by Gasteiger charge is -2.19. The standard InChI is InChI=1S/C16H21NO4/c1-12(6-5-11-17(19)20)13-7-9-14(10-8-13)15(18)21-16(2,3)4/h5,7-12H,6H2,1-4H3/b11-5+. The number of rotatable bonds is 5. The molecule has 21 heavy (non-hydrogen) atoms. The Balaban J connectivity index is 2.69. The Labute approximate surface area is 124 Å². The van der Waals surface area contributed by atoms with Crippen molar-refractivity contribution >= 4 is 5.97 Å². The fraction of sp³-hybridized carbons (Fsp3) is 0.438. The van der Waals surface area contributed by atoms with E-state index in [4.69, 9.17) is 4.74 Å². The molecule has 0 spiro atoms. The van der Waals surface area contributed by atoms with Gasteiger partial charge in [0.1, 0.15) is 5.60 Å². The van der Waals surface area contributed by atoms with Crippen LogP contribution in [0.1, 0.15) is 56.0 Å². The summed E-state index contributed by atoms with van der Waals surface area (Å²) in [5, 5.41) is 10.2. The first-order chi connectivity index (χ1) is 9.69. The van der Waals surface area contributed by atoms with Gasteiger partial charge in [0.25, 0.3) is 0 Å². The highest BCUT2D eigenvalue weighted by Crippen LogP contribution is 2.21. The number of benzene rings is 1. The lowest BCUT2D eigenvalue weighted by Crippen LogP contribution is -2.23. The molecule has 0 N–H and O–H groups in total. The largest absolute Gasteiger partial charge is 0.456 e. The van der Waals surface area contributed by atoms with Crippen LogP contribution in [-0.4, -0.2) is 16.5 Å². The maximum Gasteiger partial charge on any atom is 0.338 e. The number of nitrogens with zero attached hydrogens (tertiary/aromatic N) is 1. The van der Waals surface area contributed by atoms with Crippen molar-refractivity contribution in [3.05, 3.63) is 57.8 Å². The van der Waals surface area contributed by atoms with Gasteiger partial charge in [-0.05, 0) is 56.9 Å². The van der Waals surface area contributed by atoms with E-state index in [0.29, 0.717) is 12.0 Å². The van der Waals surface area contributed by atoms with Crippen LogP contribution in [0.25, 0.3) is 0 Å². The first-order valence-corrected chi connectivity index (χ1v) is 6.82. The number of nitro groups is 1. The molecule has 0 heterocycles. The van der Waals surface area contributed by atoms with Crippen LogP contribution < -0.4 is 0 Å². The molecule has 0 bridgehead atoms. The minimum absolute atomic E-state index is 0.147. The zero-order valence-corrected chi connectivity index (χ0v) is 12.8. The predicted octanol–water partition coefficient (Wildman–Crippen LogP) is 3.93. The van der Waals surface area contributed by atoms with Crippen LogP contribution in [0.4, 0.5) is 0 Å². The zero-order valence-electron chi connectivity index (χ0n) is 12.8. The van der Waals surface area contributed by atoms with E-state index in [1.54, 1.807) is 12.1 Å². The van der Waals surface area contributed by atoms with Crippen LogP contribution in [-0.2, 0) is 4.74 Å². The van der Waals surface area contributed by atoms with Crippen molar-refractivity contribution in [2.24, 2.45) is 0 Å². The van der Waals surface area contributed by atoms with Crippen LogP contribution in [0, 0.1) is 10.1 Å². The Kier molecular flexibility index (Phi) is 5.64. The quantitative estimate of drug-likeness (QED) is 0.468. The van der Waals surface area contributed by atoms with Gasteiger partial charge in [0.2, 0.25) is 6.20 Å². The molecule has 114 valence electrons. The summed E-state index contributed by atoms with van der Waals surface area (Å²) in [7, 11) is 0. The average molecular weight is 291 g/mol. The SMILES string of the molecule is CC(C/C=C/[N+](=O)[O-])c1ccc(C(=O)OC(C)(C)C)cc1. The van der Waals surface area contributed by atoms with E-state index in [2.05, 4.69) is 0 Å². The van der Waals surface area contributed by atoms with Crippen molar-refractivity contribution in [1.29, 1.82) is 0 Å². The maximum atomic E-state index is 11.9. The predicted molar refractivity (Wildman–Crippen MR) is 80.8 cm³/mol. The molecule has 0 aliphatic heterocycles. The maximum absolute atomic E-state index is 11.9. The van der Waals surface area contributed by atoms with Gasteiger partial charge in [0, 0.05) is 0 Å². The van der Waals surface area contributed by atoms with E-state index >= 15 is 0 Å². The highest BCUT2D eigenvalue weighted by molar-refractivity contribution is 5.89. The zero-order chi connectivity index (χ0) is 16.0. The number of hydrogen-bond acceptors (Lipinski definition) is 4. The minimum atomic E-state index is -0.517. The number of allylic oxidation sites excluding steroid dienone is 1. The molecule has 0 saturated heterocycles. The molecular formula is C16H21NO4. The van der Waals surface area contributed by atoms with Crippen molar-refractivity contribution in [2.45, 2.75) is 45.6 Å². The minimum Gasteiger partial charge on any atom is -0.456 e. The third-order valence-electron chi connectivity index (χ3n) is 2.83. The lowest BCUT2D eigenvalue weighted by molar-refractivity contribution is -0.402. The molecule has 0 saturated carbocycles. The molecule has 1 aromatic carbocycles. The second kappa shape index (κ2) is 7.02. The third-order valence-corrected chi connectivity index (χ3v) is 2.83. The van der Waals surface area contributed by atoms with Gasteiger partial charge in [-0.2, -0.15) is 0 Å². The van der Waals surface area contributed by atoms with Gasteiger partial charge in [0.05, 0.1) is 10.5 Å². The highest BCUT2D eigenvalue weighted by Gasteiger charge is 2.17. The third kappa shape index (κ3) is 6.21. The van der Waals surface area contributed by atoms with Gasteiger partial charge >= 0.3 is 5.97 Å². The highest BCUT2D eigenvalue weighted by atomic mass is 16.6. The van der Waals surface area contributed by atoms with Crippen LogP contribution in [0.15, 0.2) is 36.5 Å². The van der Waals surface area contributed by atoms with E-state index in [0.717, 1.165) is 11.8 Å². The van der Waals surface area contributed by atoms with Crippen LogP contribution in [0.2, 0.25) is 0 Å². The molecule has 1 unspecified atom stereocenters. The van der Waals surface area contributed by atoms with Crippen molar-refractivity contribution < 1.29 is 14.5 Å². The smallest absolute Gasteiger partial charge is 0.338 e. The molecule has 1 aromatic rings. The number of esters is 1. The number of carbonyl (C=O) groups excluding carboxylic acids is 1. The molecule has 0 radical (unpaired) electrons. The van der Waals surface area contributed by atoms with Crippen molar-refractivity contribution in [2.75, 3.05) is 0 Å². The molecule has 5 nitrogen and oxygen atoms in total. The summed E-state index contributed by atoms with van der Waals surface area (Å²) in [5.41, 5.74) is 1.01. The summed E-state index contributed by atoms with van der Waals surface area (Å²) in [6, 6.07) is 7.14. The molecular weight excluding hydrogens is 270 g/mol. The van der Waals surface area contributed by atoms with E-state index in [1.165, 1.54) is 6.08 Å². The summed E-state index contributed by atoms with van der Waals surface area (Å²) >= 11 is 0. The number of ether oxygens (including phenoxy) is 1. The van der Waals surface area contributed by atoms with Crippen LogP contribution >= 0.6 is 0 Å². The molecule has 5 heteroatoms. The summed E-state index contributed by atoms with van der Waals surface area (Å²) in [6.45, 7) is 7.45. The Bertz CT molecular complexity index is 526. The Morgan fingerprint density at radius 3 is 2.38 bits per heavy atom. The molecule has 0 aliphatic carbocycles. The van der Waals surface area contributed by atoms with E-state index in [9.17, 15) is 14.9 Å². The first kappa shape index (κ1) is 16.9. The molecule has 1 atom stereocenters. The van der Waals surface area contributed by atoms with Gasteiger partial charge in [-0.3, -0.25) is 10.1 Å². The summed E-state index contributed by atoms with van der Waals surface area (Å²) in [6.07, 6.45) is 3.06. The second-order valence-corrected chi connectivity index (χ2v) is 5.93. The normalized spacial score (nSPS) is 13.1. The Morgan fingerprint density at radius 2 is 1.90 bits per heavy atom. The van der Waals surface area contributed by atoms with Gasteiger partial charge in [-0.15, -0.1) is 0 Å². The Morgan fingerprint density at radius 1 is 1.33 bits per heavy atom. The van der Waals surface area contributed by atoms with Crippen molar-refractivity contribution in [3.63, 3.8) is 0 Å². The molecule has 0 fully saturated rings. The van der Waals surface area contributed by atoms with Gasteiger partial charge in [-0.25, -0.2) is 4.79 Å². The molecule has 0 amide bonds. The number of hydrogen-bond donors (Lipinski definition) is 0. The van der Waals surface area contributed by atoms with Gasteiger partial charge < -0.3 is 4.74 Å². The fourth-order valence-corrected chi connectivity index (χ4v) is 1.77. The van der Waals surface area contributed by atoms with Gasteiger partial charge in [0.15, 0.2) is 0 Å². The summed E-state index contributed by atoms with van der Waals surface area (Å²) < 4.78 is 5.29. The van der Waals surface area contributed by atoms with Crippen molar-refractivity contribution in [1.82, 2.24) is 0 Å². The number of carbonyl (C=O) groups is 1. The monoisotopic (exact) mass is 291 g/mol. The van der Waals surface area contributed by atoms with E-state index in [1.807, 2.05) is 39.8 Å². The fourth-order valence-electron chi connectivity index (χ4n) is 1.77. The van der Waals surface area contributed by atoms with E-state index in [-0.39, 0.29) is 11.9 Å². The van der Waals surface area contributed by atoms with Gasteiger partial charge in [-0.1, -0.05) is 19.1 Å². The van der Waals surface area contributed by atoms with E-state index < -0.39 is 10.5 Å². The summed E-state index contributed by atoms with van der Waals surface area (Å²) in [5.74, 6) is -0.205. The summed E-state index contributed by atoms with van der Waals surface area (Å²) in [4.78, 5) is 21.6. The first-order valence-electron chi connectivity index (χ1n) is 6.82. The molecule has 0 aromatic heterocycles. The topological polar surface area (TPSA) is 69.4 Å². The average Bonchev–Trinajstić information content (AvgIpc) is 2.36. The Hall–Kier alpha value is -2.17. The van der Waals surface area contributed by atoms with Crippen LogP contribution in [0.5, 0.6) is 0 Å². The second-order valence-electron chi connectivity index (χ2n) is 5.93. The van der Waals surface area contributed by atoms with Crippen LogP contribution in [0.3, 0.4) is 0 Å². The molecule has 1 rings (SSSR count). The molecule has 0 aliphatic rings. The lowest BCUT2D eigenvalue weighted by atomic mass is 9.97.